The molecular weight excluding hydrogens is 1860 g/mol. The fraction of sp³-hybridized carbons (Fsp3) is 0.956. The summed E-state index contributed by atoms with van der Waals surface area (Å²) in [5.41, 5.74) is -0.956. The second-order valence-electron chi connectivity index (χ2n) is 41.8. The predicted octanol–water partition coefficient (Wildman–Crippen LogP) is -7.38. The normalized spacial score (nSPS) is 49.0. The van der Waals surface area contributed by atoms with Crippen LogP contribution in [0.2, 0.25) is 0 Å². The van der Waals surface area contributed by atoms with Crippen LogP contribution in [0.25, 0.3) is 0 Å². The fourth-order valence-electron chi connectivity index (χ4n) is 23.4. The van der Waals surface area contributed by atoms with Crippen molar-refractivity contribution in [1.82, 2.24) is 5.32 Å². The number of aliphatic hydroxyl groups excluding tert-OH is 25. The van der Waals surface area contributed by atoms with Crippen molar-refractivity contribution in [3.63, 3.8) is 0 Å². The number of nitrogens with one attached hydrogen (secondary N) is 1. The molecule has 4 saturated carbocycles. The van der Waals surface area contributed by atoms with Gasteiger partial charge in [-0.3, -0.25) is 4.79 Å². The van der Waals surface area contributed by atoms with Gasteiger partial charge in [0.2, 0.25) is 37.4 Å². The van der Waals surface area contributed by atoms with Gasteiger partial charge in [-0.2, -0.15) is 0 Å². The molecule has 8 saturated heterocycles. The molecule has 49 nitrogen and oxygen atoms in total. The third kappa shape index (κ3) is 23.9. The van der Waals surface area contributed by atoms with E-state index in [9.17, 15) is 137 Å². The van der Waals surface area contributed by atoms with E-state index in [4.69, 9.17) is 101 Å². The van der Waals surface area contributed by atoms with Crippen LogP contribution in [-0.4, -0.2) is 451 Å². The highest BCUT2D eigenvalue weighted by atomic mass is 17.3. The maximum Gasteiger partial charge on any atom is 0.226 e. The van der Waals surface area contributed by atoms with Crippen LogP contribution in [0, 0.1) is 50.2 Å². The Bertz CT molecular complexity index is 3840. The fourth-order valence-corrected chi connectivity index (χ4v) is 23.4. The van der Waals surface area contributed by atoms with Crippen LogP contribution >= 0.6 is 0 Å². The Morgan fingerprint density at radius 3 is 1.06 bits per heavy atom. The van der Waals surface area contributed by atoms with Crippen LogP contribution in [-0.2, 0) is 111 Å². The molecule has 1 amide bonds. The number of carbonyl (C=O) groups excluding carboxylic acids is 2. The minimum Gasteiger partial charge on any atom is -0.394 e. The molecule has 0 aromatic heterocycles. The summed E-state index contributed by atoms with van der Waals surface area (Å²) in [6.45, 7) is 9.86. The Morgan fingerprint density at radius 2 is 0.691 bits per heavy atom. The van der Waals surface area contributed by atoms with Crippen molar-refractivity contribution in [3.8, 4) is 0 Å². The molecule has 0 spiro atoms. The van der Waals surface area contributed by atoms with Gasteiger partial charge < -0.3 is 190 Å². The average molecular weight is 2020 g/mol. The average Bonchev–Trinajstić information content (AvgIpc) is 0.672. The molecule has 804 valence electrons. The molecule has 8 heterocycles. The van der Waals surface area contributed by atoms with E-state index in [1.165, 1.54) is 56.9 Å². The molecule has 13 rings (SSSR count). The van der Waals surface area contributed by atoms with E-state index in [0.29, 0.717) is 25.8 Å². The Hall–Kier alpha value is -2.96. The van der Waals surface area contributed by atoms with E-state index >= 15 is 0 Å². The number of allylic oxidation sites excluding steroid dienone is 2. The summed E-state index contributed by atoms with van der Waals surface area (Å²) in [6.07, 6.45) is -53.6. The minimum atomic E-state index is -2.12. The van der Waals surface area contributed by atoms with Crippen LogP contribution in [0.15, 0.2) is 11.6 Å². The number of unbranched alkanes of at least 4 members (excludes halogenated alkanes) is 9. The van der Waals surface area contributed by atoms with E-state index in [1.807, 2.05) is 6.92 Å². The Kier molecular flexibility index (Phi) is 39.4. The summed E-state index contributed by atoms with van der Waals surface area (Å²) in [5.74, 6) is 0.241. The standard InChI is InChI=1S/C90H151NO48/c1-8-9-10-11-12-13-14-15-16-17-28-91-84(118)90-26-24-85(2,3)29-40(90)39-18-19-50-86(4)22-21-51(87(5,38-93)49(86)20-23-89(50,7)88(39,6)25-27-90)134-78-70(112)62(104)53(95)42(128-78)31-120-77-69(111)61(103)55(97)44(127-77)33-121-136-80-72(114)64(106)57(99)46(130-80)35-123-138-82-74(116)66(108)59(101)48(132-82)37-125-139-83-75(117)67(109)58(100)47(133-83)36-124-137-81-73(115)65(107)56(98)45(131-81)34-122-135-79-71(113)63(105)54(96)43(129-79)32-119-76-68(110)60(102)52(94)41(30-92)126-76/h18,38,40-83,92,94-117H,8-17,19-37H2,1-7H3,(H,91,118)/t40-,41?,42?,43?,44?,45?,46?,47?,48?,49?,50?,51-,52?,53?,54?,55?,56?,57?,58?,59?,60?,61?,62?,63?,64?,65?,66?,67?,68?,69?,70?,71?,72?,73?,74?,75?,76?,77?,78?,79?,80?,81?,82?,83?,86-,87-,88+,89+,90-/m0/s1. The largest absolute Gasteiger partial charge is 0.394 e. The van der Waals surface area contributed by atoms with Crippen molar-refractivity contribution in [1.29, 1.82) is 0 Å². The van der Waals surface area contributed by atoms with Gasteiger partial charge in [-0.05, 0) is 110 Å². The van der Waals surface area contributed by atoms with Gasteiger partial charge in [0.25, 0.3) is 0 Å². The molecule has 42 unspecified atom stereocenters. The molecule has 26 N–H and O–H groups in total. The van der Waals surface area contributed by atoms with E-state index in [2.05, 4.69) is 52.9 Å². The number of fused-ring (bicyclic) bond motifs is 7. The Labute approximate surface area is 802 Å². The van der Waals surface area contributed by atoms with E-state index in [1.54, 1.807) is 0 Å². The SMILES string of the molecule is CCCCCCCCCCCCNC(=O)[C@]12CCC(C)(C)C[C@H]1C1=CCC3[C@@]4(C)CC[C@H](OC5OC(COC6OC(COOC7OC(COOC8OC(COOC9OC(COOC%10OC(COOC%11OC(COC%12OC(CO)C(O)C(O)C%12O)C(O)C(O)C%11O)C(O)C(O)C%10O)C(O)C(O)C9O)C(O)C(O)C8O)C(O)C(O)C7O)C(O)C(O)C6O)C(O)C(O)C5O)[C@@](C)(C=O)C4CC[C@@]3(C)[C@]1(C)CC2. The van der Waals surface area contributed by atoms with Gasteiger partial charge >= 0.3 is 0 Å². The first kappa shape index (κ1) is 113. The number of rotatable bonds is 42. The second-order valence-corrected chi connectivity index (χ2v) is 41.8. The first-order valence-electron chi connectivity index (χ1n) is 48.8. The Morgan fingerprint density at radius 1 is 0.367 bits per heavy atom. The van der Waals surface area contributed by atoms with E-state index in [-0.39, 0.29) is 45.3 Å². The monoisotopic (exact) mass is 2010 g/mol. The molecule has 0 aromatic carbocycles. The highest BCUT2D eigenvalue weighted by Gasteiger charge is 2.71. The summed E-state index contributed by atoms with van der Waals surface area (Å²) in [5, 5.41) is 273. The van der Waals surface area contributed by atoms with Crippen molar-refractivity contribution in [2.24, 2.45) is 50.2 Å². The molecule has 0 radical (unpaired) electrons. The predicted molar refractivity (Wildman–Crippen MR) is 457 cm³/mol. The molecule has 49 heteroatoms. The third-order valence-corrected chi connectivity index (χ3v) is 32.5. The van der Waals surface area contributed by atoms with Gasteiger partial charge in [-0.1, -0.05) is 118 Å². The molecule has 139 heavy (non-hydrogen) atoms. The molecular formula is C90H151NO48. The molecule has 0 bridgehead atoms. The van der Waals surface area contributed by atoms with Crippen molar-refractivity contribution < 1.29 is 238 Å². The van der Waals surface area contributed by atoms with Crippen LogP contribution in [0.1, 0.15) is 177 Å². The number of ether oxygens (including phenoxy) is 11. The number of carbonyl (C=O) groups is 2. The molecule has 5 aliphatic carbocycles. The van der Waals surface area contributed by atoms with Gasteiger partial charge in [0, 0.05) is 6.54 Å². The number of aldehydes is 1. The van der Waals surface area contributed by atoms with Crippen LogP contribution in [0.4, 0.5) is 0 Å². The second kappa shape index (κ2) is 48.3. The zero-order valence-corrected chi connectivity index (χ0v) is 79.1. The minimum absolute atomic E-state index is 0.0475. The van der Waals surface area contributed by atoms with Gasteiger partial charge in [0.1, 0.15) is 235 Å². The van der Waals surface area contributed by atoms with Gasteiger partial charge in [0.15, 0.2) is 18.9 Å². The molecule has 13 aliphatic rings. The topological polar surface area (TPSA) is 746 Å². The number of amides is 1. The maximum absolute atomic E-state index is 14.8. The van der Waals surface area contributed by atoms with Crippen molar-refractivity contribution >= 4 is 12.2 Å². The summed E-state index contributed by atoms with van der Waals surface area (Å²) in [7, 11) is 0. The summed E-state index contributed by atoms with van der Waals surface area (Å²) in [6, 6.07) is 0. The smallest absolute Gasteiger partial charge is 0.226 e. The zero-order chi connectivity index (χ0) is 101. The lowest BCUT2D eigenvalue weighted by atomic mass is 9.33. The lowest BCUT2D eigenvalue weighted by Crippen LogP contribution is -2.67. The highest BCUT2D eigenvalue weighted by molar-refractivity contribution is 5.84. The number of aliphatic hydroxyl groups is 25. The van der Waals surface area contributed by atoms with Gasteiger partial charge in [-0.25, -0.2) is 48.9 Å². The lowest BCUT2D eigenvalue weighted by molar-refractivity contribution is -0.468. The maximum atomic E-state index is 14.8. The Balaban J connectivity index is 0.540. The van der Waals surface area contributed by atoms with Gasteiger partial charge in [0.05, 0.1) is 36.8 Å². The first-order valence-corrected chi connectivity index (χ1v) is 48.8. The first-order chi connectivity index (χ1) is 65.9. The van der Waals surface area contributed by atoms with Crippen molar-refractivity contribution in [2.75, 3.05) is 59.4 Å². The number of hydrogen-bond acceptors (Lipinski definition) is 48. The van der Waals surface area contributed by atoms with Gasteiger partial charge in [-0.15, -0.1) is 0 Å². The summed E-state index contributed by atoms with van der Waals surface area (Å²) < 4.78 is 62.7. The van der Waals surface area contributed by atoms with Crippen LogP contribution in [0.5, 0.6) is 0 Å². The summed E-state index contributed by atoms with van der Waals surface area (Å²) >= 11 is 0. The summed E-state index contributed by atoms with van der Waals surface area (Å²) in [4.78, 5) is 80.2. The van der Waals surface area contributed by atoms with Crippen molar-refractivity contribution in [2.45, 2.75) is 429 Å². The molecule has 12 fully saturated rings. The molecule has 0 aromatic rings. The third-order valence-electron chi connectivity index (χ3n) is 32.5. The van der Waals surface area contributed by atoms with Crippen molar-refractivity contribution in [3.05, 3.63) is 11.6 Å². The number of hydrogen-bond donors (Lipinski definition) is 26. The van der Waals surface area contributed by atoms with E-state index < -0.39 is 315 Å². The molecule has 8 aliphatic heterocycles. The van der Waals surface area contributed by atoms with Crippen LogP contribution < -0.4 is 5.32 Å². The highest BCUT2D eigenvalue weighted by Crippen LogP contribution is 2.76. The quantitative estimate of drug-likeness (QED) is 0.00674. The molecule has 49 atom stereocenters. The lowest BCUT2D eigenvalue weighted by Gasteiger charge is -2.71. The van der Waals surface area contributed by atoms with Crippen LogP contribution in [0.3, 0.4) is 0 Å². The van der Waals surface area contributed by atoms with E-state index in [0.717, 1.165) is 64.1 Å². The zero-order valence-electron chi connectivity index (χ0n) is 79.1.